The minimum atomic E-state index is -0.985. The molecule has 4 rings (SSSR count). The molecular formula is C21H28O3. The zero-order valence-electron chi connectivity index (χ0n) is 14.5. The van der Waals surface area contributed by atoms with E-state index in [9.17, 15) is 15.0 Å². The third-order valence-electron chi connectivity index (χ3n) is 8.07. The Labute approximate surface area is 144 Å². The van der Waals surface area contributed by atoms with Crippen LogP contribution in [-0.2, 0) is 4.79 Å². The molecule has 3 heteroatoms. The molecule has 130 valence electrons. The minimum Gasteiger partial charge on any atom is -0.389 e. The molecule has 0 bridgehead atoms. The fourth-order valence-corrected chi connectivity index (χ4v) is 6.96. The lowest BCUT2D eigenvalue weighted by atomic mass is 9.49. The molecule has 0 aromatic rings. The SMILES string of the molecule is C#C[C@]1(O)CC[C@@H]2[C@@H]3CC(O)C4=CC(=O)CC[C@@H]4[C@H]3CC[C@@]21CC. The number of carbonyl (C=O) groups excluding carboxylic acids is 1. The van der Waals surface area contributed by atoms with Gasteiger partial charge in [0.1, 0.15) is 5.60 Å². The summed E-state index contributed by atoms with van der Waals surface area (Å²) in [6, 6.07) is 0. The summed E-state index contributed by atoms with van der Waals surface area (Å²) in [6.07, 6.45) is 13.8. The van der Waals surface area contributed by atoms with Crippen LogP contribution in [0.1, 0.15) is 58.3 Å². The smallest absolute Gasteiger partial charge is 0.155 e. The Balaban J connectivity index is 1.71. The van der Waals surface area contributed by atoms with Crippen LogP contribution in [0.25, 0.3) is 0 Å². The summed E-state index contributed by atoms with van der Waals surface area (Å²) in [5.74, 6) is 4.62. The van der Waals surface area contributed by atoms with E-state index in [0.29, 0.717) is 36.5 Å². The lowest BCUT2D eigenvalue weighted by molar-refractivity contribution is -0.119. The van der Waals surface area contributed by atoms with E-state index in [1.165, 1.54) is 0 Å². The van der Waals surface area contributed by atoms with Crippen LogP contribution in [-0.4, -0.2) is 27.7 Å². The van der Waals surface area contributed by atoms with Gasteiger partial charge in [0.25, 0.3) is 0 Å². The van der Waals surface area contributed by atoms with E-state index in [1.807, 2.05) is 0 Å². The van der Waals surface area contributed by atoms with Crippen LogP contribution in [0.2, 0.25) is 0 Å². The molecule has 3 nitrogen and oxygen atoms in total. The lowest BCUT2D eigenvalue weighted by Crippen LogP contribution is -2.55. The van der Waals surface area contributed by atoms with Crippen molar-refractivity contribution >= 4 is 5.78 Å². The van der Waals surface area contributed by atoms with Gasteiger partial charge in [-0.2, -0.15) is 0 Å². The molecule has 4 aliphatic rings. The number of ketones is 1. The number of aliphatic hydroxyl groups excluding tert-OH is 1. The molecule has 1 unspecified atom stereocenters. The number of hydrogen-bond donors (Lipinski definition) is 2. The van der Waals surface area contributed by atoms with Gasteiger partial charge in [0.15, 0.2) is 5.78 Å². The van der Waals surface area contributed by atoms with Crippen LogP contribution in [0.15, 0.2) is 11.6 Å². The van der Waals surface area contributed by atoms with Gasteiger partial charge in [-0.1, -0.05) is 12.8 Å². The normalized spacial score (nSPS) is 50.3. The number of rotatable bonds is 1. The van der Waals surface area contributed by atoms with Crippen LogP contribution in [0.5, 0.6) is 0 Å². The zero-order chi connectivity index (χ0) is 17.1. The summed E-state index contributed by atoms with van der Waals surface area (Å²) in [5.41, 5.74) is -0.184. The van der Waals surface area contributed by atoms with Gasteiger partial charge < -0.3 is 10.2 Å². The van der Waals surface area contributed by atoms with E-state index in [-0.39, 0.29) is 11.2 Å². The lowest BCUT2D eigenvalue weighted by Gasteiger charge is -2.56. The van der Waals surface area contributed by atoms with Crippen molar-refractivity contribution in [3.63, 3.8) is 0 Å². The molecule has 0 aliphatic heterocycles. The van der Waals surface area contributed by atoms with Crippen LogP contribution >= 0.6 is 0 Å². The first-order valence-corrected chi connectivity index (χ1v) is 9.58. The topological polar surface area (TPSA) is 57.5 Å². The van der Waals surface area contributed by atoms with Crippen LogP contribution in [0.4, 0.5) is 0 Å². The van der Waals surface area contributed by atoms with Gasteiger partial charge in [0, 0.05) is 11.8 Å². The van der Waals surface area contributed by atoms with E-state index < -0.39 is 11.7 Å². The predicted molar refractivity (Wildman–Crippen MR) is 91.9 cm³/mol. The van der Waals surface area contributed by atoms with Crippen molar-refractivity contribution in [2.75, 3.05) is 0 Å². The number of fused-ring (bicyclic) bond motifs is 5. The Morgan fingerprint density at radius 2 is 2.08 bits per heavy atom. The quantitative estimate of drug-likeness (QED) is 0.728. The monoisotopic (exact) mass is 328 g/mol. The second kappa shape index (κ2) is 5.44. The van der Waals surface area contributed by atoms with Crippen molar-refractivity contribution in [1.29, 1.82) is 0 Å². The molecule has 0 aromatic heterocycles. The van der Waals surface area contributed by atoms with Crippen molar-refractivity contribution in [3.8, 4) is 12.3 Å². The van der Waals surface area contributed by atoms with Gasteiger partial charge in [0.05, 0.1) is 6.10 Å². The minimum absolute atomic E-state index is 0.167. The van der Waals surface area contributed by atoms with Gasteiger partial charge in [-0.25, -0.2) is 0 Å². The summed E-state index contributed by atoms with van der Waals surface area (Å²) in [5, 5.41) is 21.8. The second-order valence-corrected chi connectivity index (χ2v) is 8.53. The highest BCUT2D eigenvalue weighted by Gasteiger charge is 2.64. The average Bonchev–Trinajstić information content (AvgIpc) is 2.89. The maximum absolute atomic E-state index is 11.8. The molecule has 4 aliphatic carbocycles. The largest absolute Gasteiger partial charge is 0.389 e. The van der Waals surface area contributed by atoms with Crippen molar-refractivity contribution < 1.29 is 15.0 Å². The summed E-state index contributed by atoms with van der Waals surface area (Å²) < 4.78 is 0. The first-order valence-electron chi connectivity index (χ1n) is 9.58. The molecule has 3 fully saturated rings. The zero-order valence-corrected chi connectivity index (χ0v) is 14.5. The Hall–Kier alpha value is -1.11. The second-order valence-electron chi connectivity index (χ2n) is 8.53. The third-order valence-corrected chi connectivity index (χ3v) is 8.07. The van der Waals surface area contributed by atoms with Crippen molar-refractivity contribution in [1.82, 2.24) is 0 Å². The number of terminal acetylenes is 1. The van der Waals surface area contributed by atoms with Crippen molar-refractivity contribution in [3.05, 3.63) is 11.6 Å². The molecule has 0 aromatic carbocycles. The van der Waals surface area contributed by atoms with E-state index in [4.69, 9.17) is 6.42 Å². The number of carbonyl (C=O) groups is 1. The fraction of sp³-hybridized carbons (Fsp3) is 0.762. The molecule has 2 N–H and O–H groups in total. The van der Waals surface area contributed by atoms with Crippen molar-refractivity contribution in [2.24, 2.45) is 29.1 Å². The molecule has 0 amide bonds. The predicted octanol–water partition coefficient (Wildman–Crippen LogP) is 2.85. The van der Waals surface area contributed by atoms with E-state index in [1.54, 1.807) is 6.08 Å². The average molecular weight is 328 g/mol. The number of aliphatic hydroxyl groups is 2. The highest BCUT2D eigenvalue weighted by atomic mass is 16.3. The van der Waals surface area contributed by atoms with Crippen LogP contribution < -0.4 is 0 Å². The van der Waals surface area contributed by atoms with Gasteiger partial charge in [0.2, 0.25) is 0 Å². The highest BCUT2D eigenvalue weighted by Crippen LogP contribution is 2.66. The highest BCUT2D eigenvalue weighted by molar-refractivity contribution is 5.91. The molecule has 0 heterocycles. The molecule has 24 heavy (non-hydrogen) atoms. The fourth-order valence-electron chi connectivity index (χ4n) is 6.96. The van der Waals surface area contributed by atoms with Crippen molar-refractivity contribution in [2.45, 2.75) is 70.0 Å². The standard InChI is InChI=1S/C21H28O3/c1-3-20-9-7-15-14-6-5-13(22)11-17(14)19(23)12-16(15)18(20)8-10-21(20,24)4-2/h2,11,14-16,18-19,23-24H,3,5-10,12H2,1H3/t14-,15-,16-,18-,19?,20+,21+/m1/s1. The summed E-state index contributed by atoms with van der Waals surface area (Å²) in [7, 11) is 0. The van der Waals surface area contributed by atoms with Gasteiger partial charge in [-0.05, 0) is 80.3 Å². The molecule has 0 spiro atoms. The molecule has 0 radical (unpaired) electrons. The maximum atomic E-state index is 11.8. The third kappa shape index (κ3) is 1.96. The summed E-state index contributed by atoms with van der Waals surface area (Å²) in [4.78, 5) is 11.8. The van der Waals surface area contributed by atoms with Crippen LogP contribution in [0.3, 0.4) is 0 Å². The van der Waals surface area contributed by atoms with Gasteiger partial charge in [-0.15, -0.1) is 6.42 Å². The first-order chi connectivity index (χ1) is 11.5. The molecule has 7 atom stereocenters. The molecule has 0 saturated heterocycles. The Bertz CT molecular complexity index is 629. The Kier molecular flexibility index (Phi) is 3.71. The summed E-state index contributed by atoms with van der Waals surface area (Å²) >= 11 is 0. The van der Waals surface area contributed by atoms with E-state index >= 15 is 0 Å². The van der Waals surface area contributed by atoms with Crippen LogP contribution in [0, 0.1) is 41.4 Å². The van der Waals surface area contributed by atoms with E-state index in [2.05, 4.69) is 12.8 Å². The van der Waals surface area contributed by atoms with E-state index in [0.717, 1.165) is 44.1 Å². The summed E-state index contributed by atoms with van der Waals surface area (Å²) in [6.45, 7) is 2.16. The van der Waals surface area contributed by atoms with Gasteiger partial charge in [-0.3, -0.25) is 4.79 Å². The molecular weight excluding hydrogens is 300 g/mol. The first kappa shape index (κ1) is 16.4. The Morgan fingerprint density at radius 3 is 2.79 bits per heavy atom. The maximum Gasteiger partial charge on any atom is 0.155 e. The number of hydrogen-bond acceptors (Lipinski definition) is 3. The molecule has 3 saturated carbocycles. The Morgan fingerprint density at radius 1 is 1.29 bits per heavy atom. The van der Waals surface area contributed by atoms with Gasteiger partial charge >= 0.3 is 0 Å².